The Morgan fingerprint density at radius 1 is 0.786 bits per heavy atom. The van der Waals surface area contributed by atoms with Gasteiger partial charge in [0.1, 0.15) is 0 Å². The van der Waals surface area contributed by atoms with Gasteiger partial charge in [0.15, 0.2) is 29.6 Å². The van der Waals surface area contributed by atoms with Gasteiger partial charge in [-0.15, -0.1) is 0 Å². The normalized spacial score (nSPS) is 9.96. The van der Waals surface area contributed by atoms with Crippen molar-refractivity contribution in [3.63, 3.8) is 0 Å². The number of benzene rings is 2. The van der Waals surface area contributed by atoms with Crippen LogP contribution in [0.1, 0.15) is 10.4 Å². The van der Waals surface area contributed by atoms with E-state index in [-0.39, 0.29) is 31.5 Å². The second kappa shape index (κ2) is 10.7. The summed E-state index contributed by atoms with van der Waals surface area (Å²) in [7, 11) is 4.56. The Kier molecular flexibility index (Phi) is 7.95. The van der Waals surface area contributed by atoms with Crippen molar-refractivity contribution in [3.8, 4) is 23.0 Å². The van der Waals surface area contributed by atoms with Crippen molar-refractivity contribution >= 4 is 11.8 Å². The second-order valence-electron chi connectivity index (χ2n) is 5.62. The third-order valence-electron chi connectivity index (χ3n) is 3.81. The smallest absolute Gasteiger partial charge is 0.258 e. The molecule has 8 heteroatoms. The molecule has 0 spiro atoms. The molecule has 28 heavy (non-hydrogen) atoms. The molecule has 150 valence electrons. The molecule has 0 atom stereocenters. The van der Waals surface area contributed by atoms with Gasteiger partial charge in [0, 0.05) is 18.7 Å². The highest BCUT2D eigenvalue weighted by atomic mass is 16.5. The second-order valence-corrected chi connectivity index (χ2v) is 5.62. The van der Waals surface area contributed by atoms with Crippen LogP contribution in [0, 0.1) is 0 Å². The van der Waals surface area contributed by atoms with E-state index < -0.39 is 0 Å². The van der Waals surface area contributed by atoms with Crippen molar-refractivity contribution in [1.82, 2.24) is 10.6 Å². The highest BCUT2D eigenvalue weighted by Crippen LogP contribution is 2.27. The summed E-state index contributed by atoms with van der Waals surface area (Å²) in [5.74, 6) is 1.48. The van der Waals surface area contributed by atoms with Crippen LogP contribution in [0.25, 0.3) is 0 Å². The average molecular weight is 388 g/mol. The van der Waals surface area contributed by atoms with Crippen molar-refractivity contribution in [2.75, 3.05) is 41.0 Å². The Hall–Kier alpha value is -3.42. The summed E-state index contributed by atoms with van der Waals surface area (Å²) in [5, 5.41) is 5.40. The minimum Gasteiger partial charge on any atom is -0.493 e. The molecule has 0 bridgehead atoms. The first-order valence-corrected chi connectivity index (χ1v) is 8.61. The molecular formula is C20H24N2O6. The Morgan fingerprint density at radius 3 is 2.07 bits per heavy atom. The largest absolute Gasteiger partial charge is 0.493 e. The van der Waals surface area contributed by atoms with Gasteiger partial charge in [-0.05, 0) is 30.3 Å². The van der Waals surface area contributed by atoms with Crippen molar-refractivity contribution in [2.45, 2.75) is 0 Å². The van der Waals surface area contributed by atoms with Gasteiger partial charge >= 0.3 is 0 Å². The topological polar surface area (TPSA) is 95.1 Å². The van der Waals surface area contributed by atoms with Crippen LogP contribution < -0.4 is 29.6 Å². The molecule has 2 aromatic rings. The number of carbonyl (C=O) groups is 2. The maximum Gasteiger partial charge on any atom is 0.258 e. The van der Waals surface area contributed by atoms with E-state index >= 15 is 0 Å². The van der Waals surface area contributed by atoms with Crippen LogP contribution in [-0.2, 0) is 4.79 Å². The number of amides is 2. The van der Waals surface area contributed by atoms with Gasteiger partial charge in [-0.1, -0.05) is 12.1 Å². The summed E-state index contributed by atoms with van der Waals surface area (Å²) in [6.07, 6.45) is 0. The predicted molar refractivity (Wildman–Crippen MR) is 103 cm³/mol. The maximum atomic E-state index is 12.2. The number of carbonyl (C=O) groups excluding carboxylic acids is 2. The fraction of sp³-hybridized carbons (Fsp3) is 0.300. The predicted octanol–water partition coefficient (Wildman–Crippen LogP) is 1.64. The number of nitrogens with one attached hydrogen (secondary N) is 2. The Bertz CT molecular complexity index is 809. The van der Waals surface area contributed by atoms with Crippen LogP contribution in [0.15, 0.2) is 42.5 Å². The molecule has 2 rings (SSSR count). The van der Waals surface area contributed by atoms with Crippen molar-refractivity contribution in [1.29, 1.82) is 0 Å². The zero-order chi connectivity index (χ0) is 20.4. The van der Waals surface area contributed by atoms with Crippen LogP contribution in [0.4, 0.5) is 0 Å². The SMILES string of the molecule is COc1ccc(C(=O)NCCNC(=O)COc2ccccc2OC)cc1OC. The number of rotatable bonds is 10. The molecule has 0 radical (unpaired) electrons. The molecule has 0 heterocycles. The summed E-state index contributed by atoms with van der Waals surface area (Å²) >= 11 is 0. The van der Waals surface area contributed by atoms with E-state index in [1.54, 1.807) is 36.4 Å². The molecule has 2 N–H and O–H groups in total. The Morgan fingerprint density at radius 2 is 1.39 bits per heavy atom. The maximum absolute atomic E-state index is 12.2. The van der Waals surface area contributed by atoms with Gasteiger partial charge in [0.05, 0.1) is 21.3 Å². The Balaban J connectivity index is 1.73. The minimum atomic E-state index is -0.300. The lowest BCUT2D eigenvalue weighted by Gasteiger charge is -2.11. The standard InChI is InChI=1S/C20H24N2O6/c1-25-15-6-4-5-7-17(15)28-13-19(23)21-10-11-22-20(24)14-8-9-16(26-2)18(12-14)27-3/h4-9,12H,10-11,13H2,1-3H3,(H,21,23)(H,22,24). The van der Waals surface area contributed by atoms with Gasteiger partial charge in [-0.25, -0.2) is 0 Å². The fourth-order valence-corrected chi connectivity index (χ4v) is 2.39. The number of ether oxygens (including phenoxy) is 4. The van der Waals surface area contributed by atoms with Gasteiger partial charge in [0.25, 0.3) is 11.8 Å². The van der Waals surface area contributed by atoms with Crippen molar-refractivity contribution in [3.05, 3.63) is 48.0 Å². The van der Waals surface area contributed by atoms with Crippen LogP contribution in [0.5, 0.6) is 23.0 Å². The van der Waals surface area contributed by atoms with Gasteiger partial charge in [0.2, 0.25) is 0 Å². The van der Waals surface area contributed by atoms with Crippen LogP contribution in [0.3, 0.4) is 0 Å². The molecule has 0 aliphatic rings. The summed E-state index contributed by atoms with van der Waals surface area (Å²) in [6.45, 7) is 0.394. The van der Waals surface area contributed by atoms with E-state index in [9.17, 15) is 9.59 Å². The molecule has 0 aliphatic heterocycles. The molecule has 2 amide bonds. The number of para-hydroxylation sites is 2. The fourth-order valence-electron chi connectivity index (χ4n) is 2.39. The van der Waals surface area contributed by atoms with Crippen LogP contribution >= 0.6 is 0 Å². The first-order valence-electron chi connectivity index (χ1n) is 8.61. The van der Waals surface area contributed by atoms with Gasteiger partial charge in [-0.3, -0.25) is 9.59 Å². The van der Waals surface area contributed by atoms with Crippen molar-refractivity contribution in [2.24, 2.45) is 0 Å². The van der Waals surface area contributed by atoms with Crippen LogP contribution in [0.2, 0.25) is 0 Å². The first kappa shape index (κ1) is 20.9. The van der Waals surface area contributed by atoms with E-state index in [1.807, 2.05) is 6.07 Å². The van der Waals surface area contributed by atoms with E-state index in [4.69, 9.17) is 18.9 Å². The minimum absolute atomic E-state index is 0.149. The molecule has 0 unspecified atom stereocenters. The highest BCUT2D eigenvalue weighted by Gasteiger charge is 2.11. The molecule has 2 aromatic carbocycles. The molecule has 0 aromatic heterocycles. The highest BCUT2D eigenvalue weighted by molar-refractivity contribution is 5.94. The van der Waals surface area contributed by atoms with E-state index in [1.165, 1.54) is 21.3 Å². The van der Waals surface area contributed by atoms with Gasteiger partial charge in [-0.2, -0.15) is 0 Å². The number of hydrogen-bond donors (Lipinski definition) is 2. The number of hydrogen-bond acceptors (Lipinski definition) is 6. The molecule has 0 aliphatic carbocycles. The monoisotopic (exact) mass is 388 g/mol. The lowest BCUT2D eigenvalue weighted by molar-refractivity contribution is -0.123. The van der Waals surface area contributed by atoms with E-state index in [2.05, 4.69) is 10.6 Å². The molecule has 8 nitrogen and oxygen atoms in total. The van der Waals surface area contributed by atoms with Crippen LogP contribution in [-0.4, -0.2) is 52.8 Å². The molecule has 0 fully saturated rings. The molecule has 0 saturated heterocycles. The first-order chi connectivity index (χ1) is 13.6. The van der Waals surface area contributed by atoms with Gasteiger partial charge < -0.3 is 29.6 Å². The summed E-state index contributed by atoms with van der Waals surface area (Å²) in [6, 6.07) is 12.0. The summed E-state index contributed by atoms with van der Waals surface area (Å²) in [5.41, 5.74) is 0.434. The lowest BCUT2D eigenvalue weighted by atomic mass is 10.2. The van der Waals surface area contributed by atoms with E-state index in [0.29, 0.717) is 28.6 Å². The number of methoxy groups -OCH3 is 3. The van der Waals surface area contributed by atoms with Crippen molar-refractivity contribution < 1.29 is 28.5 Å². The Labute approximate surface area is 163 Å². The summed E-state index contributed by atoms with van der Waals surface area (Å²) in [4.78, 5) is 24.0. The molecular weight excluding hydrogens is 364 g/mol. The summed E-state index contributed by atoms with van der Waals surface area (Å²) < 4.78 is 20.9. The third-order valence-corrected chi connectivity index (χ3v) is 3.81. The third kappa shape index (κ3) is 5.80. The molecule has 0 saturated carbocycles. The zero-order valence-electron chi connectivity index (χ0n) is 16.1. The zero-order valence-corrected chi connectivity index (χ0v) is 16.1. The quantitative estimate of drug-likeness (QED) is 0.601. The lowest BCUT2D eigenvalue weighted by Crippen LogP contribution is -2.36. The average Bonchev–Trinajstić information content (AvgIpc) is 2.74. The van der Waals surface area contributed by atoms with E-state index in [0.717, 1.165) is 0 Å².